The number of aryl methyl sites for hydroxylation is 3. The molecule has 108 valence electrons. The Balaban J connectivity index is 1.91. The van der Waals surface area contributed by atoms with Gasteiger partial charge in [-0.05, 0) is 42.7 Å². The lowest BCUT2D eigenvalue weighted by Gasteiger charge is -2.10. The van der Waals surface area contributed by atoms with Crippen LogP contribution in [0.1, 0.15) is 17.0 Å². The van der Waals surface area contributed by atoms with Crippen molar-refractivity contribution in [3.05, 3.63) is 59.4 Å². The molecule has 21 heavy (non-hydrogen) atoms. The fraction of sp³-hybridized carbons (Fsp3) is 0.250. The summed E-state index contributed by atoms with van der Waals surface area (Å²) in [6.07, 6.45) is 4.30. The minimum Gasteiger partial charge on any atom is -0.327 e. The zero-order valence-corrected chi connectivity index (χ0v) is 12.4. The van der Waals surface area contributed by atoms with Crippen LogP contribution >= 0.6 is 11.6 Å². The summed E-state index contributed by atoms with van der Waals surface area (Å²) in [7, 11) is 0. The minimum atomic E-state index is -0.197. The van der Waals surface area contributed by atoms with Gasteiger partial charge in [0.25, 0.3) is 0 Å². The number of hydrogen-bond acceptors (Lipinski definition) is 2. The monoisotopic (exact) mass is 303 g/mol. The molecule has 0 aliphatic carbocycles. The number of alkyl halides is 1. The van der Waals surface area contributed by atoms with Crippen LogP contribution < -0.4 is 0 Å². The van der Waals surface area contributed by atoms with Gasteiger partial charge in [0, 0.05) is 12.7 Å². The summed E-state index contributed by atoms with van der Waals surface area (Å²) in [6.45, 7) is 2.69. The van der Waals surface area contributed by atoms with Gasteiger partial charge in [0.2, 0.25) is 0 Å². The first-order valence-corrected chi connectivity index (χ1v) is 7.32. The molecule has 0 spiro atoms. The molecule has 0 unspecified atom stereocenters. The molecule has 3 rings (SSSR count). The van der Waals surface area contributed by atoms with Gasteiger partial charge in [0.1, 0.15) is 17.2 Å². The number of rotatable bonds is 4. The van der Waals surface area contributed by atoms with Gasteiger partial charge in [-0.25, -0.2) is 9.37 Å². The Hall–Kier alpha value is -1.94. The van der Waals surface area contributed by atoms with E-state index in [-0.39, 0.29) is 5.82 Å². The van der Waals surface area contributed by atoms with Crippen LogP contribution in [0.2, 0.25) is 0 Å². The summed E-state index contributed by atoms with van der Waals surface area (Å²) in [5.41, 5.74) is 3.98. The molecule has 0 aliphatic rings. The highest BCUT2D eigenvalue weighted by atomic mass is 35.5. The Morgan fingerprint density at radius 3 is 2.90 bits per heavy atom. The van der Waals surface area contributed by atoms with E-state index in [1.807, 2.05) is 19.1 Å². The molecule has 0 N–H and O–H groups in total. The third-order valence-electron chi connectivity index (χ3n) is 3.66. The van der Waals surface area contributed by atoms with Gasteiger partial charge in [-0.3, -0.25) is 4.98 Å². The highest BCUT2D eigenvalue weighted by Crippen LogP contribution is 2.18. The van der Waals surface area contributed by atoms with Crippen molar-refractivity contribution in [3.63, 3.8) is 0 Å². The SMILES string of the molecule is Cc1cc(F)ccc1CCn1c(CCl)nc2cnccc21. The molecular formula is C16H15ClFN3. The zero-order chi connectivity index (χ0) is 14.8. The van der Waals surface area contributed by atoms with Crippen molar-refractivity contribution in [2.24, 2.45) is 0 Å². The maximum Gasteiger partial charge on any atom is 0.124 e. The predicted molar refractivity (Wildman–Crippen MR) is 81.9 cm³/mol. The van der Waals surface area contributed by atoms with Crippen molar-refractivity contribution < 1.29 is 4.39 Å². The number of nitrogens with zero attached hydrogens (tertiary/aromatic N) is 3. The minimum absolute atomic E-state index is 0.197. The van der Waals surface area contributed by atoms with Crippen molar-refractivity contribution in [3.8, 4) is 0 Å². The van der Waals surface area contributed by atoms with E-state index in [0.29, 0.717) is 5.88 Å². The first-order valence-electron chi connectivity index (χ1n) is 6.79. The maximum atomic E-state index is 13.1. The summed E-state index contributed by atoms with van der Waals surface area (Å²) in [4.78, 5) is 8.57. The van der Waals surface area contributed by atoms with Gasteiger partial charge in [-0.15, -0.1) is 11.6 Å². The molecule has 0 amide bonds. The van der Waals surface area contributed by atoms with Crippen LogP contribution in [-0.4, -0.2) is 14.5 Å². The Bertz CT molecular complexity index is 782. The second kappa shape index (κ2) is 5.82. The van der Waals surface area contributed by atoms with Crippen LogP contribution in [0.5, 0.6) is 0 Å². The van der Waals surface area contributed by atoms with Crippen molar-refractivity contribution >= 4 is 22.6 Å². The summed E-state index contributed by atoms with van der Waals surface area (Å²) < 4.78 is 15.3. The Kier molecular flexibility index (Phi) is 3.88. The fourth-order valence-electron chi connectivity index (χ4n) is 2.56. The summed E-state index contributed by atoms with van der Waals surface area (Å²) in [5.74, 6) is 0.994. The molecule has 0 bridgehead atoms. The maximum absolute atomic E-state index is 13.1. The average Bonchev–Trinajstić information content (AvgIpc) is 2.84. The molecule has 0 radical (unpaired) electrons. The number of benzene rings is 1. The lowest BCUT2D eigenvalue weighted by molar-refractivity contribution is 0.623. The molecule has 0 saturated heterocycles. The molecule has 0 fully saturated rings. The molecule has 0 aliphatic heterocycles. The van der Waals surface area contributed by atoms with Gasteiger partial charge in [-0.2, -0.15) is 0 Å². The van der Waals surface area contributed by atoms with E-state index in [2.05, 4.69) is 14.5 Å². The van der Waals surface area contributed by atoms with Crippen LogP contribution in [0.15, 0.2) is 36.7 Å². The quantitative estimate of drug-likeness (QED) is 0.685. The Morgan fingerprint density at radius 1 is 1.29 bits per heavy atom. The molecule has 3 nitrogen and oxygen atoms in total. The third-order valence-corrected chi connectivity index (χ3v) is 3.90. The van der Waals surface area contributed by atoms with Crippen molar-refractivity contribution in [2.45, 2.75) is 25.8 Å². The smallest absolute Gasteiger partial charge is 0.124 e. The highest BCUT2D eigenvalue weighted by molar-refractivity contribution is 6.16. The summed E-state index contributed by atoms with van der Waals surface area (Å²) in [5, 5.41) is 0. The third kappa shape index (κ3) is 2.76. The summed E-state index contributed by atoms with van der Waals surface area (Å²) >= 11 is 5.98. The van der Waals surface area contributed by atoms with Gasteiger partial charge in [-0.1, -0.05) is 6.07 Å². The standard InChI is InChI=1S/C16H15ClFN3/c1-11-8-13(18)3-2-12(11)5-7-21-15-4-6-19-10-14(15)20-16(21)9-17/h2-4,6,8,10H,5,7,9H2,1H3. The molecule has 0 atom stereocenters. The second-order valence-corrected chi connectivity index (χ2v) is 5.27. The molecule has 3 aromatic rings. The lowest BCUT2D eigenvalue weighted by atomic mass is 10.1. The number of hydrogen-bond donors (Lipinski definition) is 0. The van der Waals surface area contributed by atoms with E-state index in [1.165, 1.54) is 6.07 Å². The predicted octanol–water partition coefficient (Wildman–Crippen LogP) is 3.86. The van der Waals surface area contributed by atoms with Crippen LogP contribution in [0.4, 0.5) is 4.39 Å². The van der Waals surface area contributed by atoms with Crippen LogP contribution in [-0.2, 0) is 18.8 Å². The second-order valence-electron chi connectivity index (χ2n) is 5.00. The van der Waals surface area contributed by atoms with Gasteiger partial charge >= 0.3 is 0 Å². The molecule has 2 heterocycles. The van der Waals surface area contributed by atoms with Crippen molar-refractivity contribution in [1.82, 2.24) is 14.5 Å². The first-order chi connectivity index (χ1) is 10.2. The highest BCUT2D eigenvalue weighted by Gasteiger charge is 2.10. The van der Waals surface area contributed by atoms with Crippen LogP contribution in [0.3, 0.4) is 0 Å². The number of pyridine rings is 1. The van der Waals surface area contributed by atoms with Gasteiger partial charge < -0.3 is 4.57 Å². The van der Waals surface area contributed by atoms with E-state index < -0.39 is 0 Å². The van der Waals surface area contributed by atoms with E-state index >= 15 is 0 Å². The average molecular weight is 304 g/mol. The number of imidazole rings is 1. The topological polar surface area (TPSA) is 30.7 Å². The zero-order valence-electron chi connectivity index (χ0n) is 11.7. The van der Waals surface area contributed by atoms with E-state index in [0.717, 1.165) is 41.0 Å². The summed E-state index contributed by atoms with van der Waals surface area (Å²) in [6, 6.07) is 6.84. The lowest BCUT2D eigenvalue weighted by Crippen LogP contribution is -2.06. The molecule has 1 aromatic carbocycles. The molecule has 2 aromatic heterocycles. The molecule has 5 heteroatoms. The number of aromatic nitrogens is 3. The van der Waals surface area contributed by atoms with E-state index in [1.54, 1.807) is 18.5 Å². The number of halogens is 2. The van der Waals surface area contributed by atoms with Gasteiger partial charge in [0.15, 0.2) is 0 Å². The van der Waals surface area contributed by atoms with Crippen LogP contribution in [0, 0.1) is 12.7 Å². The normalized spacial score (nSPS) is 11.2. The Morgan fingerprint density at radius 2 is 2.14 bits per heavy atom. The molecule has 0 saturated carbocycles. The first kappa shape index (κ1) is 14.0. The largest absolute Gasteiger partial charge is 0.327 e. The van der Waals surface area contributed by atoms with Crippen molar-refractivity contribution in [1.29, 1.82) is 0 Å². The van der Waals surface area contributed by atoms with Crippen molar-refractivity contribution in [2.75, 3.05) is 0 Å². The van der Waals surface area contributed by atoms with E-state index in [9.17, 15) is 4.39 Å². The Labute approximate surface area is 127 Å². The van der Waals surface area contributed by atoms with Crippen LogP contribution in [0.25, 0.3) is 11.0 Å². The fourth-order valence-corrected chi connectivity index (χ4v) is 2.76. The van der Waals surface area contributed by atoms with Gasteiger partial charge in [0.05, 0.1) is 17.6 Å². The number of fused-ring (bicyclic) bond motifs is 1. The van der Waals surface area contributed by atoms with E-state index in [4.69, 9.17) is 11.6 Å². The molecular weight excluding hydrogens is 289 g/mol.